The van der Waals surface area contributed by atoms with E-state index in [1.54, 1.807) is 6.07 Å². The summed E-state index contributed by atoms with van der Waals surface area (Å²) in [6.45, 7) is 3.30. The standard InChI is InChI=1S/C19H23N3O2/c1-20-15-5-3-2-4-14(15)17-6-7-18(24-17)19(23)21-16-12-22-10-8-13(16)9-11-22/h2-7,13,16,20H,8-12H2,1H3,(H,21,23). The molecule has 5 rings (SSSR count). The minimum atomic E-state index is -0.109. The molecule has 3 fully saturated rings. The van der Waals surface area contributed by atoms with E-state index in [9.17, 15) is 4.79 Å². The Morgan fingerprint density at radius 2 is 1.96 bits per heavy atom. The molecule has 1 unspecified atom stereocenters. The summed E-state index contributed by atoms with van der Waals surface area (Å²) >= 11 is 0. The minimum absolute atomic E-state index is 0.109. The SMILES string of the molecule is CNc1ccccc1-c1ccc(C(=O)NC2CN3CCC2CC3)o1. The van der Waals surface area contributed by atoms with Crippen LogP contribution in [0.5, 0.6) is 0 Å². The number of hydrogen-bond acceptors (Lipinski definition) is 4. The molecule has 0 spiro atoms. The van der Waals surface area contributed by atoms with Crippen molar-refractivity contribution in [1.29, 1.82) is 0 Å². The fraction of sp³-hybridized carbons (Fsp3) is 0.421. The van der Waals surface area contributed by atoms with Crippen molar-refractivity contribution in [2.24, 2.45) is 5.92 Å². The number of carbonyl (C=O) groups excluding carboxylic acids is 1. The molecule has 1 amide bonds. The first-order valence-electron chi connectivity index (χ1n) is 8.65. The highest BCUT2D eigenvalue weighted by Crippen LogP contribution is 2.30. The molecule has 24 heavy (non-hydrogen) atoms. The molecule has 2 bridgehead atoms. The van der Waals surface area contributed by atoms with Gasteiger partial charge in [0.15, 0.2) is 5.76 Å². The summed E-state index contributed by atoms with van der Waals surface area (Å²) in [5.74, 6) is 1.59. The molecule has 5 heteroatoms. The van der Waals surface area contributed by atoms with Gasteiger partial charge in [-0.25, -0.2) is 0 Å². The molecule has 3 aliphatic heterocycles. The van der Waals surface area contributed by atoms with Crippen molar-refractivity contribution in [1.82, 2.24) is 10.2 Å². The van der Waals surface area contributed by atoms with E-state index < -0.39 is 0 Å². The Labute approximate surface area is 142 Å². The van der Waals surface area contributed by atoms with Crippen molar-refractivity contribution in [3.63, 3.8) is 0 Å². The second kappa shape index (κ2) is 6.32. The number of rotatable bonds is 4. The van der Waals surface area contributed by atoms with Crippen LogP contribution in [0.4, 0.5) is 5.69 Å². The molecule has 1 aromatic carbocycles. The zero-order chi connectivity index (χ0) is 16.5. The van der Waals surface area contributed by atoms with Crippen LogP contribution in [0, 0.1) is 5.92 Å². The number of fused-ring (bicyclic) bond motifs is 3. The van der Waals surface area contributed by atoms with E-state index in [0.717, 1.165) is 17.8 Å². The number of furan rings is 1. The molecule has 0 aliphatic carbocycles. The Morgan fingerprint density at radius 1 is 1.17 bits per heavy atom. The quantitative estimate of drug-likeness (QED) is 0.907. The fourth-order valence-electron chi connectivity index (χ4n) is 3.89. The van der Waals surface area contributed by atoms with Crippen molar-refractivity contribution < 1.29 is 9.21 Å². The van der Waals surface area contributed by atoms with Crippen molar-refractivity contribution >= 4 is 11.6 Å². The van der Waals surface area contributed by atoms with Gasteiger partial charge in [-0.2, -0.15) is 0 Å². The average molecular weight is 325 g/mol. The molecule has 3 saturated heterocycles. The third-order valence-corrected chi connectivity index (χ3v) is 5.26. The zero-order valence-electron chi connectivity index (χ0n) is 13.9. The Hall–Kier alpha value is -2.27. The number of benzene rings is 1. The number of amides is 1. The number of para-hydroxylation sites is 1. The Kier molecular flexibility index (Phi) is 4.02. The van der Waals surface area contributed by atoms with Crippen LogP contribution in [0.15, 0.2) is 40.8 Å². The molecule has 5 nitrogen and oxygen atoms in total. The zero-order valence-corrected chi connectivity index (χ0v) is 13.9. The third kappa shape index (κ3) is 2.80. The van der Waals surface area contributed by atoms with Crippen molar-refractivity contribution in [2.45, 2.75) is 18.9 Å². The van der Waals surface area contributed by atoms with E-state index in [1.807, 2.05) is 37.4 Å². The van der Waals surface area contributed by atoms with E-state index in [2.05, 4.69) is 15.5 Å². The van der Waals surface area contributed by atoms with Crippen LogP contribution in [-0.4, -0.2) is 43.5 Å². The lowest BCUT2D eigenvalue weighted by Crippen LogP contribution is -2.57. The molecule has 0 radical (unpaired) electrons. The normalized spacial score (nSPS) is 25.5. The van der Waals surface area contributed by atoms with Crippen molar-refractivity contribution in [3.8, 4) is 11.3 Å². The van der Waals surface area contributed by atoms with Crippen LogP contribution >= 0.6 is 0 Å². The van der Waals surface area contributed by atoms with Crippen LogP contribution in [-0.2, 0) is 0 Å². The van der Waals surface area contributed by atoms with Crippen molar-refractivity contribution in [3.05, 3.63) is 42.2 Å². The number of carbonyl (C=O) groups is 1. The number of nitrogens with one attached hydrogen (secondary N) is 2. The molecular formula is C19H23N3O2. The molecule has 4 heterocycles. The summed E-state index contributed by atoms with van der Waals surface area (Å²) in [5, 5.41) is 6.32. The van der Waals surface area contributed by atoms with E-state index >= 15 is 0 Å². The summed E-state index contributed by atoms with van der Waals surface area (Å²) in [6, 6.07) is 11.8. The van der Waals surface area contributed by atoms with Gasteiger partial charge in [-0.15, -0.1) is 0 Å². The molecule has 3 aliphatic rings. The first-order chi connectivity index (χ1) is 11.7. The Morgan fingerprint density at radius 3 is 2.67 bits per heavy atom. The number of anilines is 1. The lowest BCUT2D eigenvalue weighted by molar-refractivity contribution is 0.0606. The van der Waals surface area contributed by atoms with E-state index in [0.29, 0.717) is 17.4 Å². The Balaban J connectivity index is 1.49. The maximum atomic E-state index is 12.5. The first kappa shape index (κ1) is 15.3. The predicted octanol–water partition coefficient (Wildman–Crippen LogP) is 2.81. The summed E-state index contributed by atoms with van der Waals surface area (Å²) in [5.41, 5.74) is 1.94. The summed E-state index contributed by atoms with van der Waals surface area (Å²) in [4.78, 5) is 15.0. The molecular weight excluding hydrogens is 302 g/mol. The second-order valence-corrected chi connectivity index (χ2v) is 6.68. The molecule has 1 aromatic heterocycles. The molecule has 2 N–H and O–H groups in total. The van der Waals surface area contributed by atoms with Gasteiger partial charge in [-0.05, 0) is 56.1 Å². The lowest BCUT2D eigenvalue weighted by atomic mass is 9.84. The summed E-state index contributed by atoms with van der Waals surface area (Å²) in [6.07, 6.45) is 2.37. The highest BCUT2D eigenvalue weighted by atomic mass is 16.3. The maximum absolute atomic E-state index is 12.5. The average Bonchev–Trinajstić information content (AvgIpc) is 3.13. The van der Waals surface area contributed by atoms with Crippen LogP contribution in [0.1, 0.15) is 23.4 Å². The molecule has 1 atom stereocenters. The Bertz CT molecular complexity index is 732. The molecule has 126 valence electrons. The number of piperidine rings is 3. The van der Waals surface area contributed by atoms with Crippen molar-refractivity contribution in [2.75, 3.05) is 32.0 Å². The van der Waals surface area contributed by atoms with Gasteiger partial charge in [0.25, 0.3) is 5.91 Å². The van der Waals surface area contributed by atoms with Crippen LogP contribution in [0.3, 0.4) is 0 Å². The van der Waals surface area contributed by atoms with Gasteiger partial charge in [0.1, 0.15) is 5.76 Å². The monoisotopic (exact) mass is 325 g/mol. The van der Waals surface area contributed by atoms with Gasteiger partial charge in [0.05, 0.1) is 0 Å². The van der Waals surface area contributed by atoms with E-state index in [4.69, 9.17) is 4.42 Å². The topological polar surface area (TPSA) is 57.5 Å². The van der Waals surface area contributed by atoms with Gasteiger partial charge in [-0.3, -0.25) is 4.79 Å². The van der Waals surface area contributed by atoms with Gasteiger partial charge < -0.3 is 20.0 Å². The summed E-state index contributed by atoms with van der Waals surface area (Å²) < 4.78 is 5.83. The number of nitrogens with zero attached hydrogens (tertiary/aromatic N) is 1. The second-order valence-electron chi connectivity index (χ2n) is 6.68. The van der Waals surface area contributed by atoms with E-state index in [1.165, 1.54) is 25.9 Å². The largest absolute Gasteiger partial charge is 0.451 e. The fourth-order valence-corrected chi connectivity index (χ4v) is 3.89. The maximum Gasteiger partial charge on any atom is 0.287 e. The highest BCUT2D eigenvalue weighted by Gasteiger charge is 2.35. The summed E-state index contributed by atoms with van der Waals surface area (Å²) in [7, 11) is 1.88. The number of hydrogen-bond donors (Lipinski definition) is 2. The highest BCUT2D eigenvalue weighted by molar-refractivity contribution is 5.92. The first-order valence-corrected chi connectivity index (χ1v) is 8.65. The lowest BCUT2D eigenvalue weighted by Gasteiger charge is -2.44. The van der Waals surface area contributed by atoms with Gasteiger partial charge >= 0.3 is 0 Å². The third-order valence-electron chi connectivity index (χ3n) is 5.26. The van der Waals surface area contributed by atoms with Crippen LogP contribution < -0.4 is 10.6 Å². The van der Waals surface area contributed by atoms with E-state index in [-0.39, 0.29) is 11.9 Å². The van der Waals surface area contributed by atoms with Crippen LogP contribution in [0.25, 0.3) is 11.3 Å². The van der Waals surface area contributed by atoms with Gasteiger partial charge in [-0.1, -0.05) is 12.1 Å². The van der Waals surface area contributed by atoms with Crippen LogP contribution in [0.2, 0.25) is 0 Å². The molecule has 0 saturated carbocycles. The minimum Gasteiger partial charge on any atom is -0.451 e. The molecule has 2 aromatic rings. The van der Waals surface area contributed by atoms with Gasteiger partial charge in [0.2, 0.25) is 0 Å². The van der Waals surface area contributed by atoms with Gasteiger partial charge in [0, 0.05) is 30.9 Å². The predicted molar refractivity (Wildman–Crippen MR) is 94.1 cm³/mol. The smallest absolute Gasteiger partial charge is 0.287 e.